The van der Waals surface area contributed by atoms with Gasteiger partial charge in [0.1, 0.15) is 0 Å². The molecule has 0 spiro atoms. The minimum atomic E-state index is -0.765. The number of thioether (sulfide) groups is 1. The molecule has 3 atom stereocenters. The van der Waals surface area contributed by atoms with E-state index in [9.17, 15) is 14.4 Å². The highest BCUT2D eigenvalue weighted by Gasteiger charge is 2.42. The van der Waals surface area contributed by atoms with Crippen molar-refractivity contribution in [2.24, 2.45) is 0 Å². The molecule has 24 heavy (non-hydrogen) atoms. The first-order valence-electron chi connectivity index (χ1n) is 8.73. The van der Waals surface area contributed by atoms with Crippen LogP contribution in [0.2, 0.25) is 0 Å². The van der Waals surface area contributed by atoms with E-state index in [0.29, 0.717) is 24.6 Å². The number of carboxylic acid groups (broad SMARTS) is 1. The maximum atomic E-state index is 11.7. The Labute approximate surface area is 146 Å². The van der Waals surface area contributed by atoms with Gasteiger partial charge in [-0.15, -0.1) is 0 Å². The average molecular weight is 357 g/mol. The molecular formula is C16H27N3O4S. The summed E-state index contributed by atoms with van der Waals surface area (Å²) in [6.45, 7) is 0.623. The van der Waals surface area contributed by atoms with E-state index in [-0.39, 0.29) is 30.4 Å². The standard InChI is InChI=1S/C16H27N3O4S/c20-13(17-9-5-1-2-8-14(21)22)7-4-3-6-12-15-11(10-24-12)18-16(23)19-15/h11-12,15H,1-10H2,(H,17,20)(H,21,22)(H2,18,19,23)/t11-,12+,15-/m1/s1. The van der Waals surface area contributed by atoms with Gasteiger partial charge in [0.15, 0.2) is 0 Å². The first-order chi connectivity index (χ1) is 11.6. The quantitative estimate of drug-likeness (QED) is 0.331. The van der Waals surface area contributed by atoms with Crippen LogP contribution in [-0.2, 0) is 9.59 Å². The predicted octanol–water partition coefficient (Wildman–Crippen LogP) is 1.47. The fraction of sp³-hybridized carbons (Fsp3) is 0.812. The normalized spacial score (nSPS) is 25.0. The molecule has 2 rings (SSSR count). The van der Waals surface area contributed by atoms with E-state index >= 15 is 0 Å². The lowest BCUT2D eigenvalue weighted by Gasteiger charge is -2.16. The van der Waals surface area contributed by atoms with Gasteiger partial charge < -0.3 is 21.1 Å². The number of carbonyl (C=O) groups is 3. The van der Waals surface area contributed by atoms with Gasteiger partial charge in [-0.05, 0) is 25.7 Å². The van der Waals surface area contributed by atoms with Gasteiger partial charge in [0.25, 0.3) is 0 Å². The van der Waals surface area contributed by atoms with Crippen LogP contribution in [0.25, 0.3) is 0 Å². The van der Waals surface area contributed by atoms with Gasteiger partial charge in [-0.3, -0.25) is 9.59 Å². The zero-order valence-corrected chi connectivity index (χ0v) is 14.7. The Kier molecular flexibility index (Phi) is 7.68. The molecule has 0 unspecified atom stereocenters. The average Bonchev–Trinajstić information content (AvgIpc) is 3.06. The molecule has 4 N–H and O–H groups in total. The molecule has 0 aliphatic carbocycles. The van der Waals surface area contributed by atoms with Crippen molar-refractivity contribution in [1.82, 2.24) is 16.0 Å². The molecule has 7 nitrogen and oxygen atoms in total. The first kappa shape index (κ1) is 18.9. The summed E-state index contributed by atoms with van der Waals surface area (Å²) in [4.78, 5) is 33.4. The van der Waals surface area contributed by atoms with Crippen LogP contribution in [0.4, 0.5) is 4.79 Å². The number of fused-ring (bicyclic) bond motifs is 1. The molecule has 0 radical (unpaired) electrons. The van der Waals surface area contributed by atoms with Gasteiger partial charge in [-0.2, -0.15) is 11.8 Å². The third-order valence-electron chi connectivity index (χ3n) is 4.47. The van der Waals surface area contributed by atoms with E-state index < -0.39 is 5.97 Å². The van der Waals surface area contributed by atoms with Crippen molar-refractivity contribution < 1.29 is 19.5 Å². The van der Waals surface area contributed by atoms with Crippen molar-refractivity contribution in [3.05, 3.63) is 0 Å². The molecule has 2 fully saturated rings. The van der Waals surface area contributed by atoms with Crippen molar-refractivity contribution >= 4 is 29.7 Å². The summed E-state index contributed by atoms with van der Waals surface area (Å²) in [5, 5.41) is 17.8. The number of rotatable bonds is 11. The number of nitrogens with one attached hydrogen (secondary N) is 3. The van der Waals surface area contributed by atoms with Gasteiger partial charge in [0, 0.05) is 30.4 Å². The number of hydrogen-bond donors (Lipinski definition) is 4. The highest BCUT2D eigenvalue weighted by Crippen LogP contribution is 2.33. The Hall–Kier alpha value is -1.44. The van der Waals surface area contributed by atoms with Crippen molar-refractivity contribution in [3.8, 4) is 0 Å². The Morgan fingerprint density at radius 3 is 2.71 bits per heavy atom. The van der Waals surface area contributed by atoms with Crippen LogP contribution < -0.4 is 16.0 Å². The van der Waals surface area contributed by atoms with E-state index in [1.165, 1.54) is 0 Å². The van der Waals surface area contributed by atoms with Crippen molar-refractivity contribution in [3.63, 3.8) is 0 Å². The Balaban J connectivity index is 1.45. The summed E-state index contributed by atoms with van der Waals surface area (Å²) < 4.78 is 0. The molecule has 0 saturated carbocycles. The topological polar surface area (TPSA) is 108 Å². The number of amides is 3. The predicted molar refractivity (Wildman–Crippen MR) is 93.1 cm³/mol. The van der Waals surface area contributed by atoms with Crippen molar-refractivity contribution in [1.29, 1.82) is 0 Å². The van der Waals surface area contributed by atoms with E-state index in [1.54, 1.807) is 0 Å². The molecule has 0 aromatic rings. The van der Waals surface area contributed by atoms with Crippen LogP contribution >= 0.6 is 11.8 Å². The minimum absolute atomic E-state index is 0.0574. The monoisotopic (exact) mass is 357 g/mol. The Bertz CT molecular complexity index is 461. The molecule has 3 amide bonds. The lowest BCUT2D eigenvalue weighted by molar-refractivity contribution is -0.137. The molecule has 2 saturated heterocycles. The van der Waals surface area contributed by atoms with E-state index in [0.717, 1.165) is 37.9 Å². The lowest BCUT2D eigenvalue weighted by Crippen LogP contribution is -2.36. The molecule has 0 bridgehead atoms. The molecule has 0 aromatic heterocycles. The zero-order valence-electron chi connectivity index (χ0n) is 13.9. The molecule has 8 heteroatoms. The van der Waals surface area contributed by atoms with Gasteiger partial charge in [0.05, 0.1) is 12.1 Å². The number of aliphatic carboxylic acids is 1. The molecule has 2 heterocycles. The van der Waals surface area contributed by atoms with Crippen LogP contribution in [0.15, 0.2) is 0 Å². The molecule has 136 valence electrons. The summed E-state index contributed by atoms with van der Waals surface area (Å²) >= 11 is 1.90. The summed E-state index contributed by atoms with van der Waals surface area (Å²) in [5.41, 5.74) is 0. The summed E-state index contributed by atoms with van der Waals surface area (Å²) in [7, 11) is 0. The van der Waals surface area contributed by atoms with Crippen LogP contribution in [0, 0.1) is 0 Å². The number of carbonyl (C=O) groups excluding carboxylic acids is 2. The third kappa shape index (κ3) is 6.22. The fourth-order valence-electron chi connectivity index (χ4n) is 3.17. The van der Waals surface area contributed by atoms with Crippen LogP contribution in [0.5, 0.6) is 0 Å². The van der Waals surface area contributed by atoms with Gasteiger partial charge >= 0.3 is 12.0 Å². The van der Waals surface area contributed by atoms with E-state index in [2.05, 4.69) is 16.0 Å². The fourth-order valence-corrected chi connectivity index (χ4v) is 4.71. The number of unbranched alkanes of at least 4 members (excludes halogenated alkanes) is 3. The number of carboxylic acids is 1. The number of hydrogen-bond acceptors (Lipinski definition) is 4. The minimum Gasteiger partial charge on any atom is -0.481 e. The summed E-state index contributed by atoms with van der Waals surface area (Å²) in [5.74, 6) is 0.274. The number of urea groups is 1. The van der Waals surface area contributed by atoms with Gasteiger partial charge in [-0.25, -0.2) is 4.79 Å². The second-order valence-corrected chi connectivity index (χ2v) is 7.69. The molecule has 0 aromatic carbocycles. The largest absolute Gasteiger partial charge is 0.481 e. The SMILES string of the molecule is O=C(O)CCCCCNC(=O)CCCC[C@@H]1SC[C@H]2NC(=O)N[C@@H]12. The maximum Gasteiger partial charge on any atom is 0.315 e. The second-order valence-electron chi connectivity index (χ2n) is 6.42. The van der Waals surface area contributed by atoms with Crippen molar-refractivity contribution in [2.45, 2.75) is 68.7 Å². The molecule has 2 aliphatic rings. The lowest BCUT2D eigenvalue weighted by atomic mass is 10.0. The third-order valence-corrected chi connectivity index (χ3v) is 5.98. The maximum absolute atomic E-state index is 11.7. The molecular weight excluding hydrogens is 330 g/mol. The zero-order chi connectivity index (χ0) is 17.4. The van der Waals surface area contributed by atoms with E-state index in [1.807, 2.05) is 11.8 Å². The summed E-state index contributed by atoms with van der Waals surface area (Å²) in [6, 6.07) is 0.442. The highest BCUT2D eigenvalue weighted by atomic mass is 32.2. The Morgan fingerprint density at radius 2 is 1.92 bits per heavy atom. The van der Waals surface area contributed by atoms with E-state index in [4.69, 9.17) is 5.11 Å². The van der Waals surface area contributed by atoms with Gasteiger partial charge in [-0.1, -0.05) is 12.8 Å². The first-order valence-corrected chi connectivity index (χ1v) is 9.78. The summed E-state index contributed by atoms with van der Waals surface area (Å²) in [6.07, 6.45) is 5.93. The Morgan fingerprint density at radius 1 is 1.12 bits per heavy atom. The smallest absolute Gasteiger partial charge is 0.315 e. The second kappa shape index (κ2) is 9.76. The molecule has 2 aliphatic heterocycles. The van der Waals surface area contributed by atoms with Crippen LogP contribution in [0.1, 0.15) is 51.4 Å². The van der Waals surface area contributed by atoms with Gasteiger partial charge in [0.2, 0.25) is 5.91 Å². The highest BCUT2D eigenvalue weighted by molar-refractivity contribution is 8.00. The van der Waals surface area contributed by atoms with Crippen molar-refractivity contribution in [2.75, 3.05) is 12.3 Å². The van der Waals surface area contributed by atoms with Crippen LogP contribution in [-0.4, -0.2) is 52.6 Å². The van der Waals surface area contributed by atoms with Crippen LogP contribution in [0.3, 0.4) is 0 Å².